The van der Waals surface area contributed by atoms with Crippen LogP contribution in [0.2, 0.25) is 0 Å². The number of fused-ring (bicyclic) bond motifs is 1. The van der Waals surface area contributed by atoms with Gasteiger partial charge in [-0.05, 0) is 48.4 Å². The summed E-state index contributed by atoms with van der Waals surface area (Å²) >= 11 is 4.80. The zero-order valence-corrected chi connectivity index (χ0v) is 18.7. The molecule has 0 aliphatic heterocycles. The van der Waals surface area contributed by atoms with Crippen molar-refractivity contribution in [1.82, 2.24) is 9.55 Å². The van der Waals surface area contributed by atoms with Crippen molar-refractivity contribution >= 4 is 49.1 Å². The molecule has 0 saturated carbocycles. The van der Waals surface area contributed by atoms with Crippen LogP contribution in [0.1, 0.15) is 5.56 Å². The van der Waals surface area contributed by atoms with Gasteiger partial charge in [0, 0.05) is 9.35 Å². The van der Waals surface area contributed by atoms with E-state index in [1.165, 1.54) is 22.2 Å². The standard InChI is InChI=1S/C22H18BrN3O3S/c1-13-3-8-18(29-2)16(9-13)25-20(27)11-26-12-24-17-10-19(30-21(17)22(26)28)14-4-6-15(23)7-5-14/h3-10,12H,11H2,1-2H3,(H,25,27). The number of nitrogens with zero attached hydrogens (tertiary/aromatic N) is 2. The first kappa shape index (κ1) is 20.3. The molecule has 1 amide bonds. The van der Waals surface area contributed by atoms with E-state index in [9.17, 15) is 9.59 Å². The van der Waals surface area contributed by atoms with Crippen LogP contribution in [0.4, 0.5) is 5.69 Å². The number of hydrogen-bond acceptors (Lipinski definition) is 5. The molecule has 0 aliphatic rings. The number of methoxy groups -OCH3 is 1. The number of ether oxygens (including phenoxy) is 1. The van der Waals surface area contributed by atoms with Crippen LogP contribution in [-0.2, 0) is 11.3 Å². The summed E-state index contributed by atoms with van der Waals surface area (Å²) in [5.74, 6) is 0.235. The zero-order chi connectivity index (χ0) is 21.3. The van der Waals surface area contributed by atoms with Crippen LogP contribution in [0.5, 0.6) is 5.75 Å². The highest BCUT2D eigenvalue weighted by atomic mass is 79.9. The number of halogens is 1. The Morgan fingerprint density at radius 1 is 1.20 bits per heavy atom. The molecule has 0 radical (unpaired) electrons. The lowest BCUT2D eigenvalue weighted by atomic mass is 10.2. The van der Waals surface area contributed by atoms with Crippen molar-refractivity contribution in [3.05, 3.63) is 75.2 Å². The summed E-state index contributed by atoms with van der Waals surface area (Å²) in [5.41, 5.74) is 2.96. The fourth-order valence-corrected chi connectivity index (χ4v) is 4.41. The fourth-order valence-electron chi connectivity index (χ4n) is 3.08. The number of thiophene rings is 1. The molecule has 2 aromatic carbocycles. The van der Waals surface area contributed by atoms with Gasteiger partial charge in [-0.2, -0.15) is 0 Å². The fraction of sp³-hybridized carbons (Fsp3) is 0.136. The summed E-state index contributed by atoms with van der Waals surface area (Å²) in [4.78, 5) is 30.8. The first-order chi connectivity index (χ1) is 14.4. The Morgan fingerprint density at radius 3 is 2.70 bits per heavy atom. The monoisotopic (exact) mass is 483 g/mol. The highest BCUT2D eigenvalue weighted by molar-refractivity contribution is 9.10. The number of amides is 1. The molecule has 0 fully saturated rings. The van der Waals surface area contributed by atoms with Gasteiger partial charge in [0.25, 0.3) is 5.56 Å². The van der Waals surface area contributed by atoms with Gasteiger partial charge in [0.1, 0.15) is 17.0 Å². The number of aryl methyl sites for hydroxylation is 1. The van der Waals surface area contributed by atoms with Gasteiger partial charge in [-0.15, -0.1) is 11.3 Å². The van der Waals surface area contributed by atoms with Gasteiger partial charge >= 0.3 is 0 Å². The van der Waals surface area contributed by atoms with E-state index in [-0.39, 0.29) is 18.0 Å². The van der Waals surface area contributed by atoms with Crippen LogP contribution in [-0.4, -0.2) is 22.6 Å². The summed E-state index contributed by atoms with van der Waals surface area (Å²) in [6.45, 7) is 1.79. The van der Waals surface area contributed by atoms with E-state index >= 15 is 0 Å². The van der Waals surface area contributed by atoms with E-state index in [0.29, 0.717) is 21.7 Å². The number of hydrogen-bond donors (Lipinski definition) is 1. The SMILES string of the molecule is COc1ccc(C)cc1NC(=O)Cn1cnc2cc(-c3ccc(Br)cc3)sc2c1=O. The highest BCUT2D eigenvalue weighted by Crippen LogP contribution is 2.31. The van der Waals surface area contributed by atoms with Gasteiger partial charge in [0.2, 0.25) is 5.91 Å². The van der Waals surface area contributed by atoms with Crippen molar-refractivity contribution in [3.63, 3.8) is 0 Å². The summed E-state index contributed by atoms with van der Waals surface area (Å²) in [7, 11) is 1.54. The Morgan fingerprint density at radius 2 is 1.97 bits per heavy atom. The maximum atomic E-state index is 12.9. The van der Waals surface area contributed by atoms with Crippen molar-refractivity contribution in [3.8, 4) is 16.2 Å². The molecule has 0 atom stereocenters. The predicted molar refractivity (Wildman–Crippen MR) is 123 cm³/mol. The van der Waals surface area contributed by atoms with E-state index in [1.807, 2.05) is 49.4 Å². The van der Waals surface area contributed by atoms with E-state index in [1.54, 1.807) is 13.2 Å². The van der Waals surface area contributed by atoms with Gasteiger partial charge in [0.05, 0.1) is 24.6 Å². The molecule has 0 unspecified atom stereocenters. The lowest BCUT2D eigenvalue weighted by molar-refractivity contribution is -0.116. The lowest BCUT2D eigenvalue weighted by Gasteiger charge is -2.11. The van der Waals surface area contributed by atoms with Gasteiger partial charge in [-0.3, -0.25) is 14.2 Å². The topological polar surface area (TPSA) is 73.2 Å². The van der Waals surface area contributed by atoms with Crippen LogP contribution >= 0.6 is 27.3 Å². The number of anilines is 1. The molecular weight excluding hydrogens is 466 g/mol. The van der Waals surface area contributed by atoms with Crippen LogP contribution in [0.15, 0.2) is 64.1 Å². The second-order valence-electron chi connectivity index (χ2n) is 6.76. The molecule has 2 heterocycles. The minimum Gasteiger partial charge on any atom is -0.495 e. The number of benzene rings is 2. The van der Waals surface area contributed by atoms with Crippen LogP contribution in [0, 0.1) is 6.92 Å². The Labute approximate surface area is 185 Å². The van der Waals surface area contributed by atoms with Crippen molar-refractivity contribution in [2.24, 2.45) is 0 Å². The van der Waals surface area contributed by atoms with Crippen LogP contribution in [0.25, 0.3) is 20.7 Å². The zero-order valence-electron chi connectivity index (χ0n) is 16.3. The van der Waals surface area contributed by atoms with E-state index in [2.05, 4.69) is 26.2 Å². The summed E-state index contributed by atoms with van der Waals surface area (Å²) in [5, 5.41) is 2.81. The molecule has 0 bridgehead atoms. The third kappa shape index (κ3) is 4.15. The van der Waals surface area contributed by atoms with Gasteiger partial charge in [0.15, 0.2) is 0 Å². The second kappa shape index (κ2) is 8.41. The van der Waals surface area contributed by atoms with Crippen molar-refractivity contribution in [2.75, 3.05) is 12.4 Å². The van der Waals surface area contributed by atoms with Crippen LogP contribution < -0.4 is 15.6 Å². The van der Waals surface area contributed by atoms with Crippen molar-refractivity contribution < 1.29 is 9.53 Å². The molecule has 30 heavy (non-hydrogen) atoms. The molecule has 0 aliphatic carbocycles. The van der Waals surface area contributed by atoms with Gasteiger partial charge in [-0.1, -0.05) is 34.1 Å². The predicted octanol–water partition coefficient (Wildman–Crippen LogP) is 4.84. The maximum Gasteiger partial charge on any atom is 0.271 e. The van der Waals surface area contributed by atoms with E-state index in [4.69, 9.17) is 4.74 Å². The van der Waals surface area contributed by atoms with Gasteiger partial charge in [-0.25, -0.2) is 4.98 Å². The minimum atomic E-state index is -0.327. The Hall–Kier alpha value is -2.97. The van der Waals surface area contributed by atoms with Gasteiger partial charge < -0.3 is 10.1 Å². The molecule has 0 saturated heterocycles. The summed E-state index contributed by atoms with van der Waals surface area (Å²) in [6, 6.07) is 15.3. The van der Waals surface area contributed by atoms with Crippen molar-refractivity contribution in [2.45, 2.75) is 13.5 Å². The summed E-state index contributed by atoms with van der Waals surface area (Å²) in [6.07, 6.45) is 1.41. The molecule has 4 rings (SSSR count). The van der Waals surface area contributed by atoms with E-state index in [0.717, 1.165) is 20.5 Å². The minimum absolute atomic E-state index is 0.135. The first-order valence-corrected chi connectivity index (χ1v) is 10.7. The molecular formula is C22H18BrN3O3S. The van der Waals surface area contributed by atoms with Crippen LogP contribution in [0.3, 0.4) is 0 Å². The molecule has 8 heteroatoms. The lowest BCUT2D eigenvalue weighted by Crippen LogP contribution is -2.27. The highest BCUT2D eigenvalue weighted by Gasteiger charge is 2.14. The number of carbonyl (C=O) groups excluding carboxylic acids is 1. The molecule has 2 aromatic heterocycles. The number of rotatable bonds is 5. The molecule has 0 spiro atoms. The first-order valence-electron chi connectivity index (χ1n) is 9.14. The normalized spacial score (nSPS) is 10.9. The maximum absolute atomic E-state index is 12.9. The second-order valence-corrected chi connectivity index (χ2v) is 8.73. The third-order valence-electron chi connectivity index (χ3n) is 4.58. The number of aromatic nitrogens is 2. The average molecular weight is 484 g/mol. The molecule has 1 N–H and O–H groups in total. The Kier molecular flexibility index (Phi) is 5.69. The molecule has 152 valence electrons. The van der Waals surface area contributed by atoms with E-state index < -0.39 is 0 Å². The quantitative estimate of drug-likeness (QED) is 0.440. The van der Waals surface area contributed by atoms with Crippen molar-refractivity contribution in [1.29, 1.82) is 0 Å². The average Bonchev–Trinajstić information content (AvgIpc) is 3.16. The Bertz CT molecular complexity index is 1300. The number of nitrogens with one attached hydrogen (secondary N) is 1. The smallest absolute Gasteiger partial charge is 0.271 e. The third-order valence-corrected chi connectivity index (χ3v) is 6.27. The summed E-state index contributed by atoms with van der Waals surface area (Å²) < 4.78 is 8.12. The Balaban J connectivity index is 1.60. The largest absolute Gasteiger partial charge is 0.495 e. The number of carbonyl (C=O) groups is 1. The molecule has 6 nitrogen and oxygen atoms in total. The molecule has 4 aromatic rings.